The summed E-state index contributed by atoms with van der Waals surface area (Å²) in [7, 11) is -3.53. The highest BCUT2D eigenvalue weighted by Crippen LogP contribution is 2.25. The summed E-state index contributed by atoms with van der Waals surface area (Å²) in [4.78, 5) is 12.0. The SMILES string of the molecule is Cc1cc2oc(=O)cc(CS(=O)(=O)c3ccccc3)c2cc1C. The number of benzene rings is 2. The predicted octanol–water partition coefficient (Wildman–Crippen LogP) is 3.38. The molecule has 0 amide bonds. The molecule has 0 spiro atoms. The van der Waals surface area contributed by atoms with E-state index in [-0.39, 0.29) is 10.6 Å². The third-order valence-electron chi connectivity index (χ3n) is 3.89. The third kappa shape index (κ3) is 3.05. The van der Waals surface area contributed by atoms with Crippen LogP contribution in [0.2, 0.25) is 0 Å². The van der Waals surface area contributed by atoms with Gasteiger partial charge in [0.2, 0.25) is 0 Å². The van der Waals surface area contributed by atoms with Gasteiger partial charge in [0, 0.05) is 11.5 Å². The van der Waals surface area contributed by atoms with E-state index >= 15 is 0 Å². The van der Waals surface area contributed by atoms with Gasteiger partial charge in [-0.15, -0.1) is 0 Å². The Morgan fingerprint density at radius 2 is 1.61 bits per heavy atom. The molecule has 3 rings (SSSR count). The summed E-state index contributed by atoms with van der Waals surface area (Å²) in [6.07, 6.45) is 0. The van der Waals surface area contributed by atoms with Gasteiger partial charge in [-0.2, -0.15) is 0 Å². The van der Waals surface area contributed by atoms with Crippen molar-refractivity contribution in [2.45, 2.75) is 24.5 Å². The number of rotatable bonds is 3. The molecule has 1 aromatic heterocycles. The number of aryl methyl sites for hydroxylation is 2. The Labute approximate surface area is 134 Å². The average molecular weight is 328 g/mol. The van der Waals surface area contributed by atoms with Gasteiger partial charge < -0.3 is 4.42 Å². The Morgan fingerprint density at radius 1 is 0.957 bits per heavy atom. The van der Waals surface area contributed by atoms with Crippen molar-refractivity contribution < 1.29 is 12.8 Å². The van der Waals surface area contributed by atoms with E-state index in [1.54, 1.807) is 36.4 Å². The van der Waals surface area contributed by atoms with Crippen LogP contribution in [-0.2, 0) is 15.6 Å². The topological polar surface area (TPSA) is 64.3 Å². The van der Waals surface area contributed by atoms with Crippen molar-refractivity contribution in [2.24, 2.45) is 0 Å². The summed E-state index contributed by atoms with van der Waals surface area (Å²) >= 11 is 0. The second-order valence-electron chi connectivity index (χ2n) is 5.60. The molecule has 0 atom stereocenters. The number of hydrogen-bond donors (Lipinski definition) is 0. The highest BCUT2D eigenvalue weighted by atomic mass is 32.2. The number of hydrogen-bond acceptors (Lipinski definition) is 4. The summed E-state index contributed by atoms with van der Waals surface area (Å²) in [5.74, 6) is -0.235. The molecule has 5 heteroatoms. The molecule has 1 heterocycles. The zero-order valence-corrected chi connectivity index (χ0v) is 13.7. The van der Waals surface area contributed by atoms with E-state index in [9.17, 15) is 13.2 Å². The Balaban J connectivity index is 2.17. The van der Waals surface area contributed by atoms with Crippen molar-refractivity contribution in [3.05, 3.63) is 75.6 Å². The van der Waals surface area contributed by atoms with Crippen LogP contribution in [0.25, 0.3) is 11.0 Å². The summed E-state index contributed by atoms with van der Waals surface area (Å²) in [6, 6.07) is 13.1. The maximum Gasteiger partial charge on any atom is 0.336 e. The van der Waals surface area contributed by atoms with Gasteiger partial charge in [-0.25, -0.2) is 13.2 Å². The fraction of sp³-hybridized carbons (Fsp3) is 0.167. The molecule has 118 valence electrons. The van der Waals surface area contributed by atoms with Crippen LogP contribution in [0.1, 0.15) is 16.7 Å². The molecular formula is C18H16O4S. The molecular weight excluding hydrogens is 312 g/mol. The Morgan fingerprint density at radius 3 is 2.30 bits per heavy atom. The number of fused-ring (bicyclic) bond motifs is 1. The fourth-order valence-corrected chi connectivity index (χ4v) is 3.90. The third-order valence-corrected chi connectivity index (χ3v) is 5.57. The molecule has 0 aliphatic heterocycles. The standard InChI is InChI=1S/C18H16O4S/c1-12-8-16-14(10-18(19)22-17(16)9-13(12)2)11-23(20,21)15-6-4-3-5-7-15/h3-10H,11H2,1-2H3. The van der Waals surface area contributed by atoms with Gasteiger partial charge in [0.15, 0.2) is 9.84 Å². The van der Waals surface area contributed by atoms with E-state index < -0.39 is 15.5 Å². The molecule has 0 saturated carbocycles. The van der Waals surface area contributed by atoms with Crippen molar-refractivity contribution in [1.29, 1.82) is 0 Å². The molecule has 0 fully saturated rings. The molecule has 0 unspecified atom stereocenters. The van der Waals surface area contributed by atoms with Gasteiger partial charge in [0.25, 0.3) is 0 Å². The lowest BCUT2D eigenvalue weighted by Crippen LogP contribution is -2.09. The molecule has 0 saturated heterocycles. The highest BCUT2D eigenvalue weighted by molar-refractivity contribution is 7.90. The van der Waals surface area contributed by atoms with E-state index in [2.05, 4.69) is 0 Å². The lowest BCUT2D eigenvalue weighted by molar-refractivity contribution is 0.558. The van der Waals surface area contributed by atoms with Crippen LogP contribution in [0, 0.1) is 13.8 Å². The molecule has 0 aliphatic carbocycles. The quantitative estimate of drug-likeness (QED) is 0.691. The number of sulfone groups is 1. The maximum atomic E-state index is 12.6. The van der Waals surface area contributed by atoms with Crippen molar-refractivity contribution >= 4 is 20.8 Å². The molecule has 2 aromatic carbocycles. The van der Waals surface area contributed by atoms with Gasteiger partial charge in [0.1, 0.15) is 5.58 Å². The van der Waals surface area contributed by atoms with Crippen molar-refractivity contribution in [1.82, 2.24) is 0 Å². The van der Waals surface area contributed by atoms with Crippen LogP contribution in [0.3, 0.4) is 0 Å². The zero-order chi connectivity index (χ0) is 16.6. The summed E-state index contributed by atoms with van der Waals surface area (Å²) in [6.45, 7) is 3.86. The predicted molar refractivity (Wildman–Crippen MR) is 89.3 cm³/mol. The molecule has 0 N–H and O–H groups in total. The molecule has 0 bridgehead atoms. The van der Waals surface area contributed by atoms with Crippen LogP contribution in [-0.4, -0.2) is 8.42 Å². The minimum atomic E-state index is -3.53. The van der Waals surface area contributed by atoms with Crippen LogP contribution >= 0.6 is 0 Å². The van der Waals surface area contributed by atoms with Crippen molar-refractivity contribution in [3.63, 3.8) is 0 Å². The van der Waals surface area contributed by atoms with E-state index in [1.807, 2.05) is 19.9 Å². The van der Waals surface area contributed by atoms with E-state index in [0.29, 0.717) is 16.5 Å². The fourth-order valence-electron chi connectivity index (χ4n) is 2.52. The van der Waals surface area contributed by atoms with Gasteiger partial charge >= 0.3 is 5.63 Å². The first-order chi connectivity index (χ1) is 10.9. The van der Waals surface area contributed by atoms with Crippen LogP contribution in [0.4, 0.5) is 0 Å². The minimum Gasteiger partial charge on any atom is -0.423 e. The summed E-state index contributed by atoms with van der Waals surface area (Å²) in [5, 5.41) is 0.659. The van der Waals surface area contributed by atoms with Crippen molar-refractivity contribution in [2.75, 3.05) is 0 Å². The summed E-state index contributed by atoms with van der Waals surface area (Å²) in [5.41, 5.74) is 2.34. The van der Waals surface area contributed by atoms with Crippen LogP contribution in [0.5, 0.6) is 0 Å². The smallest absolute Gasteiger partial charge is 0.336 e. The lowest BCUT2D eigenvalue weighted by atomic mass is 10.0. The second kappa shape index (κ2) is 5.66. The first kappa shape index (κ1) is 15.5. The average Bonchev–Trinajstić information content (AvgIpc) is 2.50. The van der Waals surface area contributed by atoms with Gasteiger partial charge in [-0.3, -0.25) is 0 Å². The van der Waals surface area contributed by atoms with Crippen LogP contribution < -0.4 is 5.63 Å². The molecule has 23 heavy (non-hydrogen) atoms. The van der Waals surface area contributed by atoms with E-state index in [0.717, 1.165) is 11.1 Å². The normalized spacial score (nSPS) is 11.7. The molecule has 0 aliphatic rings. The van der Waals surface area contributed by atoms with Gasteiger partial charge in [-0.1, -0.05) is 18.2 Å². The minimum absolute atomic E-state index is 0.235. The lowest BCUT2D eigenvalue weighted by Gasteiger charge is -2.09. The van der Waals surface area contributed by atoms with Crippen LogP contribution in [0.15, 0.2) is 62.6 Å². The first-order valence-electron chi connectivity index (χ1n) is 7.18. The highest BCUT2D eigenvalue weighted by Gasteiger charge is 2.18. The monoisotopic (exact) mass is 328 g/mol. The van der Waals surface area contributed by atoms with Gasteiger partial charge in [0.05, 0.1) is 10.6 Å². The van der Waals surface area contributed by atoms with E-state index in [4.69, 9.17) is 4.42 Å². The largest absolute Gasteiger partial charge is 0.423 e. The maximum absolute atomic E-state index is 12.6. The Bertz CT molecular complexity index is 1030. The van der Waals surface area contributed by atoms with Gasteiger partial charge in [-0.05, 0) is 54.8 Å². The van der Waals surface area contributed by atoms with Crippen molar-refractivity contribution in [3.8, 4) is 0 Å². The molecule has 0 radical (unpaired) electrons. The Hall–Kier alpha value is -2.40. The molecule has 4 nitrogen and oxygen atoms in total. The summed E-state index contributed by atoms with van der Waals surface area (Å²) < 4.78 is 30.4. The van der Waals surface area contributed by atoms with E-state index in [1.165, 1.54) is 6.07 Å². The zero-order valence-electron chi connectivity index (χ0n) is 12.9. The first-order valence-corrected chi connectivity index (χ1v) is 8.84. The Kier molecular flexibility index (Phi) is 3.82. The molecule has 3 aromatic rings. The second-order valence-corrected chi connectivity index (χ2v) is 7.59.